The van der Waals surface area contributed by atoms with Crippen LogP contribution in [0.5, 0.6) is 0 Å². The lowest BCUT2D eigenvalue weighted by molar-refractivity contribution is 0.434. The minimum absolute atomic E-state index is 0.0525. The first-order valence-electron chi connectivity index (χ1n) is 7.40. The molecule has 108 valence electrons. The van der Waals surface area contributed by atoms with Gasteiger partial charge in [0.1, 0.15) is 0 Å². The van der Waals surface area contributed by atoms with E-state index in [1.54, 1.807) is 0 Å². The fourth-order valence-electron chi connectivity index (χ4n) is 2.44. The molecule has 0 saturated carbocycles. The van der Waals surface area contributed by atoms with Crippen molar-refractivity contribution in [3.05, 3.63) is 54.1 Å². The Morgan fingerprint density at radius 1 is 1.15 bits per heavy atom. The molecule has 0 aliphatic carbocycles. The number of nitrogens with two attached hydrogens (primary N) is 1. The second-order valence-corrected chi connectivity index (χ2v) is 5.87. The van der Waals surface area contributed by atoms with Crippen molar-refractivity contribution in [3.63, 3.8) is 0 Å². The highest BCUT2D eigenvalue weighted by Crippen LogP contribution is 2.23. The summed E-state index contributed by atoms with van der Waals surface area (Å²) >= 11 is 0. The maximum absolute atomic E-state index is 6.27. The monoisotopic (exact) mass is 271 g/mol. The van der Waals surface area contributed by atoms with Crippen molar-refractivity contribution in [2.45, 2.75) is 45.7 Å². The molecule has 2 unspecified atom stereocenters. The Morgan fingerprint density at radius 2 is 1.85 bits per heavy atom. The zero-order valence-electron chi connectivity index (χ0n) is 12.7. The van der Waals surface area contributed by atoms with E-state index in [-0.39, 0.29) is 6.04 Å². The summed E-state index contributed by atoms with van der Waals surface area (Å²) in [5.74, 6) is 0.423. The maximum Gasteiger partial charge on any atom is 0.0951 e. The molecule has 2 rings (SSSR count). The van der Waals surface area contributed by atoms with E-state index in [0.29, 0.717) is 12.0 Å². The Kier molecular flexibility index (Phi) is 4.96. The number of rotatable bonds is 6. The topological polar surface area (TPSA) is 43.8 Å². The number of hydrogen-bond acceptors (Lipinski definition) is 2. The van der Waals surface area contributed by atoms with Gasteiger partial charge < -0.3 is 10.3 Å². The first-order valence-corrected chi connectivity index (χ1v) is 7.40. The van der Waals surface area contributed by atoms with Gasteiger partial charge in [-0.1, -0.05) is 44.2 Å². The predicted octanol–water partition coefficient (Wildman–Crippen LogP) is 3.73. The van der Waals surface area contributed by atoms with Gasteiger partial charge in [0.2, 0.25) is 0 Å². The van der Waals surface area contributed by atoms with Crippen molar-refractivity contribution in [1.82, 2.24) is 9.55 Å². The lowest BCUT2D eigenvalue weighted by Gasteiger charge is -2.22. The van der Waals surface area contributed by atoms with Crippen LogP contribution in [-0.2, 0) is 6.42 Å². The van der Waals surface area contributed by atoms with Crippen molar-refractivity contribution in [2.24, 2.45) is 11.7 Å². The normalized spacial score (nSPS) is 14.4. The molecular weight excluding hydrogens is 246 g/mol. The van der Waals surface area contributed by atoms with E-state index in [4.69, 9.17) is 5.73 Å². The summed E-state index contributed by atoms with van der Waals surface area (Å²) in [7, 11) is 0. The van der Waals surface area contributed by atoms with E-state index in [1.807, 2.05) is 12.5 Å². The largest absolute Gasteiger partial charge is 0.330 e. The zero-order chi connectivity index (χ0) is 14.5. The van der Waals surface area contributed by atoms with E-state index in [1.165, 1.54) is 5.56 Å². The quantitative estimate of drug-likeness (QED) is 0.870. The Balaban J connectivity index is 2.03. The van der Waals surface area contributed by atoms with Gasteiger partial charge in [-0.25, -0.2) is 4.98 Å². The molecule has 3 heteroatoms. The van der Waals surface area contributed by atoms with Crippen LogP contribution in [0.1, 0.15) is 50.5 Å². The van der Waals surface area contributed by atoms with Crippen LogP contribution in [0.2, 0.25) is 0 Å². The Morgan fingerprint density at radius 3 is 2.50 bits per heavy atom. The summed E-state index contributed by atoms with van der Waals surface area (Å²) in [5.41, 5.74) is 8.79. The van der Waals surface area contributed by atoms with Crippen molar-refractivity contribution >= 4 is 0 Å². The van der Waals surface area contributed by atoms with Crippen LogP contribution in [0.25, 0.3) is 0 Å². The van der Waals surface area contributed by atoms with Crippen LogP contribution < -0.4 is 5.73 Å². The van der Waals surface area contributed by atoms with Crippen LogP contribution in [0.3, 0.4) is 0 Å². The molecule has 2 N–H and O–H groups in total. The molecule has 0 bridgehead atoms. The number of aromatic nitrogens is 2. The number of benzene rings is 1. The standard InChI is InChI=1S/C17H25N3/c1-13(2)17(18)16-11-19-12-20(16)14(3)9-10-15-7-5-4-6-8-15/h4-8,11-14,17H,9-10,18H2,1-3H3. The minimum atomic E-state index is 0.0525. The summed E-state index contributed by atoms with van der Waals surface area (Å²) in [4.78, 5) is 4.28. The summed E-state index contributed by atoms with van der Waals surface area (Å²) in [6, 6.07) is 11.1. The number of aryl methyl sites for hydroxylation is 1. The maximum atomic E-state index is 6.27. The van der Waals surface area contributed by atoms with Crippen molar-refractivity contribution in [3.8, 4) is 0 Å². The molecule has 2 aromatic rings. The van der Waals surface area contributed by atoms with Gasteiger partial charge in [0.05, 0.1) is 12.0 Å². The Bertz CT molecular complexity index is 516. The van der Waals surface area contributed by atoms with Gasteiger partial charge >= 0.3 is 0 Å². The summed E-state index contributed by atoms with van der Waals surface area (Å²) < 4.78 is 2.23. The van der Waals surface area contributed by atoms with Crippen molar-refractivity contribution < 1.29 is 0 Å². The van der Waals surface area contributed by atoms with E-state index < -0.39 is 0 Å². The van der Waals surface area contributed by atoms with Crippen LogP contribution in [0.15, 0.2) is 42.9 Å². The average Bonchev–Trinajstić information content (AvgIpc) is 2.94. The van der Waals surface area contributed by atoms with Crippen LogP contribution in [0, 0.1) is 5.92 Å². The molecule has 1 aromatic heterocycles. The van der Waals surface area contributed by atoms with Gasteiger partial charge in [-0.15, -0.1) is 0 Å². The number of nitrogens with zero attached hydrogens (tertiary/aromatic N) is 2. The second-order valence-electron chi connectivity index (χ2n) is 5.87. The van der Waals surface area contributed by atoms with Crippen LogP contribution in [-0.4, -0.2) is 9.55 Å². The molecule has 0 amide bonds. The van der Waals surface area contributed by atoms with Gasteiger partial charge in [0, 0.05) is 18.3 Å². The van der Waals surface area contributed by atoms with E-state index in [0.717, 1.165) is 18.5 Å². The molecule has 0 radical (unpaired) electrons. The van der Waals surface area contributed by atoms with Gasteiger partial charge in [0.15, 0.2) is 0 Å². The molecule has 20 heavy (non-hydrogen) atoms. The molecular formula is C17H25N3. The number of imidazole rings is 1. The highest BCUT2D eigenvalue weighted by Gasteiger charge is 2.17. The van der Waals surface area contributed by atoms with E-state index in [9.17, 15) is 0 Å². The molecule has 0 fully saturated rings. The molecule has 0 aliphatic rings. The fraction of sp³-hybridized carbons (Fsp3) is 0.471. The molecule has 2 atom stereocenters. The van der Waals surface area contributed by atoms with E-state index >= 15 is 0 Å². The average molecular weight is 271 g/mol. The third-order valence-electron chi connectivity index (χ3n) is 3.92. The van der Waals surface area contributed by atoms with Gasteiger partial charge in [-0.2, -0.15) is 0 Å². The first kappa shape index (κ1) is 14.8. The van der Waals surface area contributed by atoms with Crippen molar-refractivity contribution in [1.29, 1.82) is 0 Å². The lowest BCUT2D eigenvalue weighted by atomic mass is 10.0. The van der Waals surface area contributed by atoms with E-state index in [2.05, 4.69) is 60.7 Å². The smallest absolute Gasteiger partial charge is 0.0951 e. The minimum Gasteiger partial charge on any atom is -0.330 e. The summed E-state index contributed by atoms with van der Waals surface area (Å²) in [6.45, 7) is 6.54. The van der Waals surface area contributed by atoms with Gasteiger partial charge in [-0.05, 0) is 31.2 Å². The van der Waals surface area contributed by atoms with Crippen LogP contribution >= 0.6 is 0 Å². The third kappa shape index (κ3) is 3.48. The molecule has 1 heterocycles. The highest BCUT2D eigenvalue weighted by atomic mass is 15.1. The van der Waals surface area contributed by atoms with Crippen LogP contribution in [0.4, 0.5) is 0 Å². The SMILES string of the molecule is CC(C)C(N)c1cncn1C(C)CCc1ccccc1. The summed E-state index contributed by atoms with van der Waals surface area (Å²) in [6.07, 6.45) is 5.99. The molecule has 1 aromatic carbocycles. The Labute approximate surface area is 121 Å². The predicted molar refractivity (Wildman–Crippen MR) is 83.5 cm³/mol. The first-order chi connectivity index (χ1) is 9.59. The molecule has 0 aliphatic heterocycles. The lowest BCUT2D eigenvalue weighted by Crippen LogP contribution is -2.22. The second kappa shape index (κ2) is 6.71. The van der Waals surface area contributed by atoms with Crippen molar-refractivity contribution in [2.75, 3.05) is 0 Å². The molecule has 3 nitrogen and oxygen atoms in total. The third-order valence-corrected chi connectivity index (χ3v) is 3.92. The summed E-state index contributed by atoms with van der Waals surface area (Å²) in [5, 5.41) is 0. The van der Waals surface area contributed by atoms with Gasteiger partial charge in [0.25, 0.3) is 0 Å². The van der Waals surface area contributed by atoms with Gasteiger partial charge in [-0.3, -0.25) is 0 Å². The Hall–Kier alpha value is -1.61. The molecule has 0 spiro atoms. The fourth-order valence-corrected chi connectivity index (χ4v) is 2.44. The highest BCUT2D eigenvalue weighted by molar-refractivity contribution is 5.15. The zero-order valence-corrected chi connectivity index (χ0v) is 12.7. The molecule has 0 saturated heterocycles. The number of hydrogen-bond donors (Lipinski definition) is 1.